The van der Waals surface area contributed by atoms with Crippen LogP contribution in [0, 0.1) is 5.92 Å². The Hall–Kier alpha value is -1.12. The van der Waals surface area contributed by atoms with E-state index >= 15 is 0 Å². The zero-order valence-corrected chi connectivity index (χ0v) is 18.2. The van der Waals surface area contributed by atoms with Crippen LogP contribution in [-0.2, 0) is 24.4 Å². The van der Waals surface area contributed by atoms with Gasteiger partial charge in [0.1, 0.15) is 0 Å². The molecule has 1 saturated carbocycles. The molecule has 8 heteroatoms. The summed E-state index contributed by atoms with van der Waals surface area (Å²) in [5.74, 6) is 0.570. The molecule has 1 N–H and O–H groups in total. The lowest BCUT2D eigenvalue weighted by Crippen LogP contribution is -2.39. The van der Waals surface area contributed by atoms with Gasteiger partial charge in [0.2, 0.25) is 0 Å². The molecule has 0 aromatic heterocycles. The van der Waals surface area contributed by atoms with Crippen molar-refractivity contribution >= 4 is 25.4 Å². The van der Waals surface area contributed by atoms with Gasteiger partial charge >= 0.3 is 0 Å². The highest BCUT2D eigenvalue weighted by atomic mass is 32.2. The van der Waals surface area contributed by atoms with Crippen LogP contribution in [-0.4, -0.2) is 48.1 Å². The van der Waals surface area contributed by atoms with Crippen molar-refractivity contribution in [1.82, 2.24) is 0 Å². The van der Waals surface area contributed by atoms with Crippen LogP contribution in [0.25, 0.3) is 0 Å². The van der Waals surface area contributed by atoms with E-state index in [9.17, 15) is 16.8 Å². The minimum Gasteiger partial charge on any atom is -0.379 e. The molecule has 0 aliphatic heterocycles. The molecule has 0 saturated heterocycles. The first kappa shape index (κ1) is 22.2. The number of nitrogens with one attached hydrogen (secondary N) is 1. The van der Waals surface area contributed by atoms with E-state index in [-0.39, 0.29) is 21.9 Å². The average Bonchev–Trinajstić information content (AvgIpc) is 2.54. The minimum atomic E-state index is -3.58. The second-order valence-electron chi connectivity index (χ2n) is 7.83. The van der Waals surface area contributed by atoms with Gasteiger partial charge in [-0.25, -0.2) is 16.8 Å². The van der Waals surface area contributed by atoms with Crippen LogP contribution in [0.4, 0.5) is 5.69 Å². The quantitative estimate of drug-likeness (QED) is 0.698. The fraction of sp³-hybridized carbons (Fsp3) is 0.684. The summed E-state index contributed by atoms with van der Waals surface area (Å²) < 4.78 is 54.2. The van der Waals surface area contributed by atoms with Gasteiger partial charge in [-0.2, -0.15) is 0 Å². The standard InChI is InChI=1S/C19H31NO5S2/c1-14(2)11-12-25-18-8-6-5-7-16(18)20-17-10-9-15(26(3,21)22)13-19(17)27(4,23)24/h9-10,13-14,16,18,20H,5-8,11-12H2,1-4H3/t16-,18+/m1/s1. The van der Waals surface area contributed by atoms with Crippen molar-refractivity contribution in [3.05, 3.63) is 18.2 Å². The second kappa shape index (κ2) is 8.92. The summed E-state index contributed by atoms with van der Waals surface area (Å²) in [6.45, 7) is 5.00. The Kier molecular flexibility index (Phi) is 7.33. The summed E-state index contributed by atoms with van der Waals surface area (Å²) in [7, 11) is -7.06. The number of ether oxygens (including phenoxy) is 1. The maximum Gasteiger partial charge on any atom is 0.177 e. The zero-order chi connectivity index (χ0) is 20.2. The van der Waals surface area contributed by atoms with Crippen molar-refractivity contribution in [2.24, 2.45) is 5.92 Å². The zero-order valence-electron chi connectivity index (χ0n) is 16.6. The molecule has 1 aliphatic rings. The Balaban J connectivity index is 2.25. The smallest absolute Gasteiger partial charge is 0.177 e. The van der Waals surface area contributed by atoms with Crippen molar-refractivity contribution in [2.45, 2.75) is 67.9 Å². The van der Waals surface area contributed by atoms with Gasteiger partial charge in [-0.15, -0.1) is 0 Å². The van der Waals surface area contributed by atoms with E-state index in [1.807, 2.05) is 0 Å². The molecule has 0 heterocycles. The molecule has 1 aliphatic carbocycles. The number of hydrogen-bond donors (Lipinski definition) is 1. The fourth-order valence-corrected chi connectivity index (χ4v) is 4.86. The predicted molar refractivity (Wildman–Crippen MR) is 108 cm³/mol. The fourth-order valence-electron chi connectivity index (χ4n) is 3.28. The van der Waals surface area contributed by atoms with E-state index in [0.29, 0.717) is 18.2 Å². The van der Waals surface area contributed by atoms with Crippen molar-refractivity contribution in [3.63, 3.8) is 0 Å². The molecule has 0 spiro atoms. The lowest BCUT2D eigenvalue weighted by Gasteiger charge is -2.33. The predicted octanol–water partition coefficient (Wildman–Crippen LogP) is 3.28. The van der Waals surface area contributed by atoms with Crippen LogP contribution < -0.4 is 5.32 Å². The summed E-state index contributed by atoms with van der Waals surface area (Å²) >= 11 is 0. The third-order valence-corrected chi connectivity index (χ3v) is 7.10. The highest BCUT2D eigenvalue weighted by Crippen LogP contribution is 2.30. The summed E-state index contributed by atoms with van der Waals surface area (Å²) in [6, 6.07) is 4.25. The normalized spacial score (nSPS) is 21.4. The summed E-state index contributed by atoms with van der Waals surface area (Å²) in [5.41, 5.74) is 0.439. The summed E-state index contributed by atoms with van der Waals surface area (Å²) in [4.78, 5) is 0.0128. The Morgan fingerprint density at radius 3 is 2.33 bits per heavy atom. The molecule has 0 radical (unpaired) electrons. The van der Waals surface area contributed by atoms with Crippen LogP contribution in [0.15, 0.2) is 28.0 Å². The molecule has 0 bridgehead atoms. The van der Waals surface area contributed by atoms with Crippen LogP contribution in [0.2, 0.25) is 0 Å². The van der Waals surface area contributed by atoms with Gasteiger partial charge in [0.15, 0.2) is 19.7 Å². The maximum atomic E-state index is 12.2. The first-order valence-electron chi connectivity index (χ1n) is 9.41. The Labute approximate surface area is 163 Å². The molecule has 1 fully saturated rings. The first-order chi connectivity index (χ1) is 12.5. The molecule has 1 aromatic rings. The van der Waals surface area contributed by atoms with Gasteiger partial charge in [0, 0.05) is 19.1 Å². The molecule has 1 aromatic carbocycles. The number of anilines is 1. The minimum absolute atomic E-state index is 0.00172. The lowest BCUT2D eigenvalue weighted by molar-refractivity contribution is 0.0149. The number of benzene rings is 1. The second-order valence-corrected chi connectivity index (χ2v) is 11.8. The highest BCUT2D eigenvalue weighted by Gasteiger charge is 2.28. The molecule has 2 atom stereocenters. The van der Waals surface area contributed by atoms with Gasteiger partial charge < -0.3 is 10.1 Å². The van der Waals surface area contributed by atoms with Crippen molar-refractivity contribution in [3.8, 4) is 0 Å². The number of hydrogen-bond acceptors (Lipinski definition) is 6. The van der Waals surface area contributed by atoms with E-state index in [0.717, 1.165) is 44.6 Å². The Morgan fingerprint density at radius 2 is 1.74 bits per heavy atom. The van der Waals surface area contributed by atoms with Crippen LogP contribution in [0.1, 0.15) is 46.0 Å². The molecular formula is C19H31NO5S2. The van der Waals surface area contributed by atoms with Gasteiger partial charge in [-0.05, 0) is 43.4 Å². The largest absolute Gasteiger partial charge is 0.379 e. The Bertz CT molecular complexity index is 847. The van der Waals surface area contributed by atoms with Crippen molar-refractivity contribution in [2.75, 3.05) is 24.4 Å². The number of sulfone groups is 2. The summed E-state index contributed by atoms with van der Waals surface area (Å²) in [6.07, 6.45) is 7.15. The molecule has 154 valence electrons. The van der Waals surface area contributed by atoms with E-state index in [1.54, 1.807) is 6.07 Å². The van der Waals surface area contributed by atoms with Crippen LogP contribution >= 0.6 is 0 Å². The third kappa shape index (κ3) is 6.47. The van der Waals surface area contributed by atoms with E-state index < -0.39 is 19.7 Å². The van der Waals surface area contributed by atoms with Crippen LogP contribution in [0.5, 0.6) is 0 Å². The molecule has 0 unspecified atom stereocenters. The SMILES string of the molecule is CC(C)CCO[C@H]1CCCC[C@H]1Nc1ccc(S(C)(=O)=O)cc1S(C)(=O)=O. The van der Waals surface area contributed by atoms with E-state index in [2.05, 4.69) is 19.2 Å². The molecule has 6 nitrogen and oxygen atoms in total. The van der Waals surface area contributed by atoms with Crippen LogP contribution in [0.3, 0.4) is 0 Å². The Morgan fingerprint density at radius 1 is 1.07 bits per heavy atom. The average molecular weight is 418 g/mol. The maximum absolute atomic E-state index is 12.2. The first-order valence-corrected chi connectivity index (χ1v) is 13.2. The number of rotatable bonds is 8. The third-order valence-electron chi connectivity index (χ3n) is 4.85. The molecule has 2 rings (SSSR count). The summed E-state index contributed by atoms with van der Waals surface area (Å²) in [5, 5.41) is 3.32. The highest BCUT2D eigenvalue weighted by molar-refractivity contribution is 7.91. The topological polar surface area (TPSA) is 89.5 Å². The molecule has 27 heavy (non-hydrogen) atoms. The van der Waals surface area contributed by atoms with Gasteiger partial charge in [0.25, 0.3) is 0 Å². The lowest BCUT2D eigenvalue weighted by atomic mass is 9.92. The monoisotopic (exact) mass is 417 g/mol. The van der Waals surface area contributed by atoms with E-state index in [1.165, 1.54) is 12.1 Å². The molecule has 0 amide bonds. The van der Waals surface area contributed by atoms with E-state index in [4.69, 9.17) is 4.74 Å². The van der Waals surface area contributed by atoms with Crippen molar-refractivity contribution < 1.29 is 21.6 Å². The van der Waals surface area contributed by atoms with Gasteiger partial charge in [0.05, 0.1) is 27.6 Å². The van der Waals surface area contributed by atoms with Gasteiger partial charge in [-0.1, -0.05) is 26.7 Å². The molecular weight excluding hydrogens is 386 g/mol. The van der Waals surface area contributed by atoms with Crippen molar-refractivity contribution in [1.29, 1.82) is 0 Å². The van der Waals surface area contributed by atoms with Gasteiger partial charge in [-0.3, -0.25) is 0 Å².